The molecule has 0 radical (unpaired) electrons. The number of rotatable bonds is 5. The summed E-state index contributed by atoms with van der Waals surface area (Å²) in [5.41, 5.74) is -0.469. The Hall–Kier alpha value is -0.630. The van der Waals surface area contributed by atoms with Gasteiger partial charge in [-0.2, -0.15) is 5.26 Å². The molecule has 1 fully saturated rings. The van der Waals surface area contributed by atoms with Crippen LogP contribution in [-0.4, -0.2) is 50.3 Å². The van der Waals surface area contributed by atoms with Gasteiger partial charge >= 0.3 is 0 Å². The summed E-state index contributed by atoms with van der Waals surface area (Å²) >= 11 is 0. The molecule has 16 heavy (non-hydrogen) atoms. The molecule has 0 spiro atoms. The number of nitriles is 1. The lowest BCUT2D eigenvalue weighted by Gasteiger charge is -2.31. The van der Waals surface area contributed by atoms with E-state index in [0.717, 1.165) is 26.1 Å². The zero-order valence-corrected chi connectivity index (χ0v) is 10.6. The first-order valence-corrected chi connectivity index (χ1v) is 6.00. The Kier molecular flexibility index (Phi) is 5.20. The van der Waals surface area contributed by atoms with E-state index >= 15 is 0 Å². The molecule has 1 aliphatic heterocycles. The van der Waals surface area contributed by atoms with Gasteiger partial charge in [-0.3, -0.25) is 0 Å². The molecule has 1 saturated heterocycles. The normalized spacial score (nSPS) is 25.1. The summed E-state index contributed by atoms with van der Waals surface area (Å²) in [4.78, 5) is 2.18. The second-order valence-corrected chi connectivity index (χ2v) is 4.88. The lowest BCUT2D eigenvalue weighted by molar-refractivity contribution is -0.00343. The molecular weight excluding hydrogens is 202 g/mol. The van der Waals surface area contributed by atoms with Crippen molar-refractivity contribution in [2.45, 2.75) is 37.8 Å². The highest BCUT2D eigenvalue weighted by Gasteiger charge is 2.25. The topological polar surface area (TPSA) is 48.3 Å². The maximum atomic E-state index is 9.07. The third kappa shape index (κ3) is 4.09. The van der Waals surface area contributed by atoms with Gasteiger partial charge in [-0.25, -0.2) is 0 Å². The van der Waals surface area contributed by atoms with Crippen molar-refractivity contribution in [3.05, 3.63) is 0 Å². The minimum absolute atomic E-state index is 0.346. The molecule has 1 N–H and O–H groups in total. The Labute approximate surface area is 98.6 Å². The minimum Gasteiger partial charge on any atom is -0.377 e. The van der Waals surface area contributed by atoms with Crippen LogP contribution in [0.4, 0.5) is 0 Å². The molecule has 0 saturated carbocycles. The molecule has 0 aromatic carbocycles. The number of hydrogen-bond acceptors (Lipinski definition) is 4. The van der Waals surface area contributed by atoms with Crippen LogP contribution in [0.1, 0.15) is 26.2 Å². The van der Waals surface area contributed by atoms with Crippen molar-refractivity contribution in [2.75, 3.05) is 33.8 Å². The van der Waals surface area contributed by atoms with Crippen LogP contribution >= 0.6 is 0 Å². The molecule has 2 atom stereocenters. The molecule has 0 aromatic rings. The second-order valence-electron chi connectivity index (χ2n) is 4.88. The zero-order chi connectivity index (χ0) is 12.0. The predicted molar refractivity (Wildman–Crippen MR) is 64.2 cm³/mol. The van der Waals surface area contributed by atoms with Crippen LogP contribution in [0.2, 0.25) is 0 Å². The highest BCUT2D eigenvalue weighted by atomic mass is 16.5. The Bertz CT molecular complexity index is 245. The first-order chi connectivity index (χ1) is 7.59. The van der Waals surface area contributed by atoms with Gasteiger partial charge in [0.1, 0.15) is 5.54 Å². The van der Waals surface area contributed by atoms with E-state index in [1.165, 1.54) is 12.8 Å². The maximum absolute atomic E-state index is 9.07. The largest absolute Gasteiger partial charge is 0.377 e. The van der Waals surface area contributed by atoms with Gasteiger partial charge in [-0.15, -0.1) is 0 Å². The van der Waals surface area contributed by atoms with Crippen molar-refractivity contribution < 1.29 is 4.74 Å². The van der Waals surface area contributed by atoms with Crippen molar-refractivity contribution in [3.8, 4) is 6.07 Å². The molecule has 4 nitrogen and oxygen atoms in total. The van der Waals surface area contributed by atoms with E-state index in [-0.39, 0.29) is 0 Å². The van der Waals surface area contributed by atoms with Crippen LogP contribution in [0.15, 0.2) is 0 Å². The minimum atomic E-state index is -0.469. The molecule has 0 bridgehead atoms. The fourth-order valence-electron chi connectivity index (χ4n) is 2.07. The van der Waals surface area contributed by atoms with Gasteiger partial charge < -0.3 is 15.0 Å². The first kappa shape index (κ1) is 13.4. The SMILES string of the molecule is CNC(C)(C#N)CN(C)CC1CCCCO1. The van der Waals surface area contributed by atoms with Gasteiger partial charge in [0, 0.05) is 19.7 Å². The van der Waals surface area contributed by atoms with Crippen molar-refractivity contribution in [3.63, 3.8) is 0 Å². The van der Waals surface area contributed by atoms with Crippen LogP contribution < -0.4 is 5.32 Å². The summed E-state index contributed by atoms with van der Waals surface area (Å²) in [5.74, 6) is 0. The predicted octanol–water partition coefficient (Wildman–Crippen LogP) is 0.989. The van der Waals surface area contributed by atoms with Crippen LogP contribution in [0.25, 0.3) is 0 Å². The summed E-state index contributed by atoms with van der Waals surface area (Å²) in [7, 11) is 3.87. The molecule has 92 valence electrons. The molecule has 1 aliphatic rings. The number of hydrogen-bond donors (Lipinski definition) is 1. The van der Waals surface area contributed by atoms with Crippen LogP contribution in [-0.2, 0) is 4.74 Å². The van der Waals surface area contributed by atoms with Crippen LogP contribution in [0.5, 0.6) is 0 Å². The van der Waals surface area contributed by atoms with Gasteiger partial charge in [0.05, 0.1) is 12.2 Å². The summed E-state index contributed by atoms with van der Waals surface area (Å²) in [6.07, 6.45) is 3.94. The lowest BCUT2D eigenvalue weighted by atomic mass is 10.0. The van der Waals surface area contributed by atoms with E-state index in [0.29, 0.717) is 6.10 Å². The van der Waals surface area contributed by atoms with Crippen LogP contribution in [0.3, 0.4) is 0 Å². The van der Waals surface area contributed by atoms with E-state index in [4.69, 9.17) is 10.00 Å². The smallest absolute Gasteiger partial charge is 0.116 e. The Morgan fingerprint density at radius 2 is 2.31 bits per heavy atom. The number of nitrogens with one attached hydrogen (secondary N) is 1. The highest BCUT2D eigenvalue weighted by Crippen LogP contribution is 2.14. The first-order valence-electron chi connectivity index (χ1n) is 6.00. The van der Waals surface area contributed by atoms with Gasteiger partial charge in [0.25, 0.3) is 0 Å². The average molecular weight is 225 g/mol. The van der Waals surface area contributed by atoms with Gasteiger partial charge in [-0.05, 0) is 40.3 Å². The van der Waals surface area contributed by atoms with E-state index in [1.54, 1.807) is 0 Å². The summed E-state index contributed by atoms with van der Waals surface area (Å²) in [6.45, 7) is 4.45. The number of ether oxygens (including phenoxy) is 1. The fourth-order valence-corrected chi connectivity index (χ4v) is 2.07. The summed E-state index contributed by atoms with van der Waals surface area (Å²) in [5, 5.41) is 12.1. The number of likely N-dealkylation sites (N-methyl/N-ethyl adjacent to an activating group) is 2. The fraction of sp³-hybridized carbons (Fsp3) is 0.917. The zero-order valence-electron chi connectivity index (χ0n) is 10.6. The second kappa shape index (κ2) is 6.19. The molecule has 0 amide bonds. The van der Waals surface area contributed by atoms with E-state index < -0.39 is 5.54 Å². The van der Waals surface area contributed by atoms with E-state index in [9.17, 15) is 0 Å². The van der Waals surface area contributed by atoms with E-state index in [1.807, 2.05) is 21.0 Å². The Morgan fingerprint density at radius 3 is 2.81 bits per heavy atom. The average Bonchev–Trinajstić information content (AvgIpc) is 2.30. The Morgan fingerprint density at radius 1 is 1.56 bits per heavy atom. The molecule has 1 heterocycles. The van der Waals surface area contributed by atoms with Gasteiger partial charge in [0.15, 0.2) is 0 Å². The highest BCUT2D eigenvalue weighted by molar-refractivity contribution is 5.04. The van der Waals surface area contributed by atoms with Gasteiger partial charge in [0.2, 0.25) is 0 Å². The molecule has 0 aliphatic carbocycles. The van der Waals surface area contributed by atoms with Crippen LogP contribution in [0, 0.1) is 11.3 Å². The molecular formula is C12H23N3O. The molecule has 2 unspecified atom stereocenters. The van der Waals surface area contributed by atoms with E-state index in [2.05, 4.69) is 16.3 Å². The lowest BCUT2D eigenvalue weighted by Crippen LogP contribution is -2.49. The molecule has 4 heteroatoms. The maximum Gasteiger partial charge on any atom is 0.116 e. The molecule has 0 aromatic heterocycles. The summed E-state index contributed by atoms with van der Waals surface area (Å²) in [6, 6.07) is 2.30. The van der Waals surface area contributed by atoms with Crippen molar-refractivity contribution >= 4 is 0 Å². The number of nitrogens with zero attached hydrogens (tertiary/aromatic N) is 2. The quantitative estimate of drug-likeness (QED) is 0.758. The molecule has 1 rings (SSSR count). The van der Waals surface area contributed by atoms with Crippen molar-refractivity contribution in [1.82, 2.24) is 10.2 Å². The van der Waals surface area contributed by atoms with Crippen molar-refractivity contribution in [1.29, 1.82) is 5.26 Å². The standard InChI is InChI=1S/C12H23N3O/c1-12(9-13,14-2)10-15(3)8-11-6-4-5-7-16-11/h11,14H,4-8,10H2,1-3H3. The third-order valence-electron chi connectivity index (χ3n) is 3.17. The Balaban J connectivity index is 2.34. The summed E-state index contributed by atoms with van der Waals surface area (Å²) < 4.78 is 5.69. The monoisotopic (exact) mass is 225 g/mol. The van der Waals surface area contributed by atoms with Gasteiger partial charge in [-0.1, -0.05) is 0 Å². The third-order valence-corrected chi connectivity index (χ3v) is 3.17. The van der Waals surface area contributed by atoms with Crippen molar-refractivity contribution in [2.24, 2.45) is 0 Å².